The summed E-state index contributed by atoms with van der Waals surface area (Å²) in [7, 11) is 1.68. The molecule has 19 heavy (non-hydrogen) atoms. The topological polar surface area (TPSA) is 62.9 Å². The molecule has 0 saturated carbocycles. The highest BCUT2D eigenvalue weighted by Gasteiger charge is 2.01. The highest BCUT2D eigenvalue weighted by molar-refractivity contribution is 14.0. The van der Waals surface area contributed by atoms with Crippen molar-refractivity contribution >= 4 is 29.9 Å². The highest BCUT2D eigenvalue weighted by atomic mass is 127. The van der Waals surface area contributed by atoms with Crippen molar-refractivity contribution in [1.82, 2.24) is 10.2 Å². The molecule has 0 aromatic carbocycles. The number of nitrogens with zero attached hydrogens (tertiary/aromatic N) is 2. The van der Waals surface area contributed by atoms with Gasteiger partial charge in [-0.2, -0.15) is 0 Å². The average Bonchev–Trinajstić information content (AvgIpc) is 2.34. The van der Waals surface area contributed by atoms with Crippen LogP contribution < -0.4 is 11.1 Å². The van der Waals surface area contributed by atoms with Crippen molar-refractivity contribution in [1.29, 1.82) is 0 Å². The molecule has 0 radical (unpaired) electrons. The fourth-order valence-electron chi connectivity index (χ4n) is 1.78. The predicted octanol–water partition coefficient (Wildman–Crippen LogP) is 1.67. The number of hydrogen-bond donors (Lipinski definition) is 2. The summed E-state index contributed by atoms with van der Waals surface area (Å²) in [6.07, 6.45) is 2.25. The van der Waals surface area contributed by atoms with E-state index in [4.69, 9.17) is 10.5 Å². The zero-order chi connectivity index (χ0) is 13.8. The zero-order valence-electron chi connectivity index (χ0n) is 12.8. The third kappa shape index (κ3) is 12.7. The fourth-order valence-corrected chi connectivity index (χ4v) is 1.78. The van der Waals surface area contributed by atoms with Gasteiger partial charge in [-0.1, -0.05) is 13.8 Å². The van der Waals surface area contributed by atoms with Crippen LogP contribution in [0.3, 0.4) is 0 Å². The van der Waals surface area contributed by atoms with Crippen LogP contribution in [0, 0.1) is 0 Å². The first-order valence-electron chi connectivity index (χ1n) is 6.91. The number of nitrogens with two attached hydrogens (primary N) is 1. The molecule has 0 amide bonds. The van der Waals surface area contributed by atoms with E-state index in [1.54, 1.807) is 7.11 Å². The molecule has 5 nitrogen and oxygen atoms in total. The Hall–Kier alpha value is -0.0800. The van der Waals surface area contributed by atoms with Gasteiger partial charge in [0.05, 0.1) is 6.61 Å². The van der Waals surface area contributed by atoms with Crippen LogP contribution in [0.1, 0.15) is 33.6 Å². The van der Waals surface area contributed by atoms with E-state index in [-0.39, 0.29) is 30.0 Å². The molecule has 3 N–H and O–H groups in total. The molecule has 0 saturated heterocycles. The Morgan fingerprint density at radius 3 is 2.47 bits per heavy atom. The second-order valence-corrected chi connectivity index (χ2v) is 4.50. The van der Waals surface area contributed by atoms with Crippen LogP contribution in [0.5, 0.6) is 0 Å². The lowest BCUT2D eigenvalue weighted by molar-refractivity contribution is 0.179. The summed E-state index contributed by atoms with van der Waals surface area (Å²) >= 11 is 0. The van der Waals surface area contributed by atoms with Crippen molar-refractivity contribution in [2.45, 2.75) is 39.7 Å². The summed E-state index contributed by atoms with van der Waals surface area (Å²) < 4.78 is 5.02. The Labute approximate surface area is 135 Å². The molecular weight excluding hydrogens is 355 g/mol. The zero-order valence-corrected chi connectivity index (χ0v) is 15.1. The van der Waals surface area contributed by atoms with E-state index in [2.05, 4.69) is 29.1 Å². The molecule has 0 fully saturated rings. The lowest BCUT2D eigenvalue weighted by atomic mass is 10.3. The normalized spacial score (nSPS) is 13.2. The van der Waals surface area contributed by atoms with E-state index in [0.29, 0.717) is 12.6 Å². The van der Waals surface area contributed by atoms with Crippen LogP contribution in [0.15, 0.2) is 4.99 Å². The van der Waals surface area contributed by atoms with Crippen molar-refractivity contribution in [3.05, 3.63) is 0 Å². The molecule has 1 atom stereocenters. The first-order valence-corrected chi connectivity index (χ1v) is 6.91. The number of ether oxygens (including phenoxy) is 1. The maximum atomic E-state index is 5.77. The third-order valence-corrected chi connectivity index (χ3v) is 2.87. The van der Waals surface area contributed by atoms with Gasteiger partial charge in [0.2, 0.25) is 0 Å². The molecule has 116 valence electrons. The van der Waals surface area contributed by atoms with E-state index in [1.807, 2.05) is 6.92 Å². The van der Waals surface area contributed by atoms with Gasteiger partial charge in [-0.25, -0.2) is 0 Å². The summed E-state index contributed by atoms with van der Waals surface area (Å²) in [4.78, 5) is 6.73. The maximum Gasteiger partial charge on any atom is 0.188 e. The van der Waals surface area contributed by atoms with E-state index in [1.165, 1.54) is 6.42 Å². The Bertz CT molecular complexity index is 223. The number of methoxy groups -OCH3 is 1. The monoisotopic (exact) mass is 386 g/mol. The van der Waals surface area contributed by atoms with Gasteiger partial charge >= 0.3 is 0 Å². The molecular formula is C13H31IN4O. The van der Waals surface area contributed by atoms with Gasteiger partial charge in [0.1, 0.15) is 0 Å². The fraction of sp³-hybridized carbons (Fsp3) is 0.923. The quantitative estimate of drug-likeness (QED) is 0.260. The minimum absolute atomic E-state index is 0. The van der Waals surface area contributed by atoms with E-state index < -0.39 is 0 Å². The molecule has 0 bridgehead atoms. The summed E-state index contributed by atoms with van der Waals surface area (Å²) in [6, 6.07) is 0.203. The molecule has 0 aliphatic rings. The molecule has 0 spiro atoms. The molecule has 0 heterocycles. The van der Waals surface area contributed by atoms with Gasteiger partial charge in [0, 0.05) is 19.7 Å². The number of hydrogen-bond acceptors (Lipinski definition) is 3. The molecule has 0 aliphatic carbocycles. The summed E-state index contributed by atoms with van der Waals surface area (Å²) in [5.41, 5.74) is 5.77. The molecule has 1 unspecified atom stereocenters. The minimum atomic E-state index is 0. The van der Waals surface area contributed by atoms with Crippen LogP contribution in [-0.4, -0.2) is 56.8 Å². The Morgan fingerprint density at radius 1 is 1.32 bits per heavy atom. The second-order valence-electron chi connectivity index (χ2n) is 4.50. The SMILES string of the molecule is CCN(CC)CCCCN=C(N)NC(C)COC.I. The Morgan fingerprint density at radius 2 is 1.95 bits per heavy atom. The number of unbranched alkanes of at least 4 members (excludes halogenated alkanes) is 1. The Balaban J connectivity index is 0. The lowest BCUT2D eigenvalue weighted by Gasteiger charge is -2.17. The summed E-state index contributed by atoms with van der Waals surface area (Å²) in [5, 5.41) is 3.10. The Kier molecular flexibility index (Phi) is 16.0. The number of halogens is 1. The van der Waals surface area contributed by atoms with Crippen molar-refractivity contribution in [3.8, 4) is 0 Å². The molecule has 6 heteroatoms. The second kappa shape index (κ2) is 14.3. The van der Waals surface area contributed by atoms with E-state index >= 15 is 0 Å². The van der Waals surface area contributed by atoms with Crippen molar-refractivity contribution in [3.63, 3.8) is 0 Å². The number of rotatable bonds is 10. The summed E-state index contributed by atoms with van der Waals surface area (Å²) in [5.74, 6) is 0.516. The van der Waals surface area contributed by atoms with E-state index in [0.717, 1.165) is 32.6 Å². The first kappa shape index (κ1) is 21.2. The van der Waals surface area contributed by atoms with Crippen molar-refractivity contribution in [2.24, 2.45) is 10.7 Å². The van der Waals surface area contributed by atoms with Crippen LogP contribution in [0.2, 0.25) is 0 Å². The van der Waals surface area contributed by atoms with Gasteiger partial charge in [-0.15, -0.1) is 24.0 Å². The predicted molar refractivity (Wildman–Crippen MR) is 93.4 cm³/mol. The molecule has 0 aliphatic heterocycles. The van der Waals surface area contributed by atoms with Crippen LogP contribution in [0.4, 0.5) is 0 Å². The van der Waals surface area contributed by atoms with Crippen LogP contribution >= 0.6 is 24.0 Å². The summed E-state index contributed by atoms with van der Waals surface area (Å²) in [6.45, 7) is 11.2. The molecule has 0 aromatic heterocycles. The van der Waals surface area contributed by atoms with Crippen LogP contribution in [0.25, 0.3) is 0 Å². The van der Waals surface area contributed by atoms with Crippen LogP contribution in [-0.2, 0) is 4.74 Å². The largest absolute Gasteiger partial charge is 0.383 e. The first-order chi connectivity index (χ1) is 8.63. The van der Waals surface area contributed by atoms with Gasteiger partial charge in [0.25, 0.3) is 0 Å². The van der Waals surface area contributed by atoms with Crippen molar-refractivity contribution in [2.75, 3.05) is 39.9 Å². The smallest absolute Gasteiger partial charge is 0.188 e. The third-order valence-electron chi connectivity index (χ3n) is 2.87. The number of nitrogens with one attached hydrogen (secondary N) is 1. The maximum absolute atomic E-state index is 5.77. The standard InChI is InChI=1S/C13H30N4O.HI/c1-5-17(6-2)10-8-7-9-15-13(14)16-12(3)11-18-4;/h12H,5-11H2,1-4H3,(H3,14,15,16);1H. The van der Waals surface area contributed by atoms with Crippen molar-refractivity contribution < 1.29 is 4.74 Å². The highest BCUT2D eigenvalue weighted by Crippen LogP contribution is 1.95. The number of aliphatic imine (C=N–C) groups is 1. The van der Waals surface area contributed by atoms with Gasteiger partial charge in [0.15, 0.2) is 5.96 Å². The molecule has 0 aromatic rings. The minimum Gasteiger partial charge on any atom is -0.383 e. The van der Waals surface area contributed by atoms with Gasteiger partial charge in [-0.3, -0.25) is 4.99 Å². The van der Waals surface area contributed by atoms with E-state index in [9.17, 15) is 0 Å². The molecule has 0 rings (SSSR count). The number of guanidine groups is 1. The average molecular weight is 386 g/mol. The lowest BCUT2D eigenvalue weighted by Crippen LogP contribution is -2.40. The van der Waals surface area contributed by atoms with Gasteiger partial charge in [-0.05, 0) is 39.4 Å². The van der Waals surface area contributed by atoms with Gasteiger partial charge < -0.3 is 20.7 Å².